The van der Waals surface area contributed by atoms with E-state index in [1.165, 1.54) is 0 Å². The van der Waals surface area contributed by atoms with E-state index in [2.05, 4.69) is 26.2 Å². The standard InChI is InChI=1S/C7H6BrIN2O/c8-5-1-2-6(10-4-5)11-7(12)3-9/h1-2,4H,3H2,(H,10,11,12). The van der Waals surface area contributed by atoms with Crippen molar-refractivity contribution >= 4 is 50.2 Å². The summed E-state index contributed by atoms with van der Waals surface area (Å²) in [6.07, 6.45) is 1.64. The molecule has 0 fully saturated rings. The third-order valence-electron chi connectivity index (χ3n) is 1.12. The molecule has 1 rings (SSSR count). The number of alkyl halides is 1. The molecule has 0 radical (unpaired) electrons. The first-order valence-electron chi connectivity index (χ1n) is 3.20. The largest absolute Gasteiger partial charge is 0.310 e. The van der Waals surface area contributed by atoms with Gasteiger partial charge < -0.3 is 5.32 Å². The van der Waals surface area contributed by atoms with E-state index in [1.54, 1.807) is 12.3 Å². The van der Waals surface area contributed by atoms with Crippen LogP contribution in [0.15, 0.2) is 22.8 Å². The van der Waals surface area contributed by atoms with Gasteiger partial charge in [-0.05, 0) is 28.1 Å². The van der Waals surface area contributed by atoms with E-state index < -0.39 is 0 Å². The van der Waals surface area contributed by atoms with Gasteiger partial charge in [0.1, 0.15) is 5.82 Å². The van der Waals surface area contributed by atoms with Crippen LogP contribution in [0.2, 0.25) is 0 Å². The topological polar surface area (TPSA) is 42.0 Å². The molecule has 1 aromatic heterocycles. The molecule has 1 heterocycles. The van der Waals surface area contributed by atoms with Crippen LogP contribution in [0.4, 0.5) is 5.82 Å². The summed E-state index contributed by atoms with van der Waals surface area (Å²) in [5.41, 5.74) is 0. The molecule has 0 aromatic carbocycles. The van der Waals surface area contributed by atoms with Gasteiger partial charge in [0.05, 0.1) is 4.43 Å². The van der Waals surface area contributed by atoms with Crippen molar-refractivity contribution in [2.45, 2.75) is 0 Å². The van der Waals surface area contributed by atoms with Gasteiger partial charge in [0, 0.05) is 10.7 Å². The van der Waals surface area contributed by atoms with Gasteiger partial charge in [0.25, 0.3) is 0 Å². The van der Waals surface area contributed by atoms with Crippen LogP contribution in [0.5, 0.6) is 0 Å². The van der Waals surface area contributed by atoms with E-state index >= 15 is 0 Å². The van der Waals surface area contributed by atoms with Crippen molar-refractivity contribution in [1.29, 1.82) is 0 Å². The van der Waals surface area contributed by atoms with E-state index in [4.69, 9.17) is 0 Å². The fraction of sp³-hybridized carbons (Fsp3) is 0.143. The van der Waals surface area contributed by atoms with Crippen molar-refractivity contribution < 1.29 is 4.79 Å². The van der Waals surface area contributed by atoms with Crippen molar-refractivity contribution in [3.63, 3.8) is 0 Å². The van der Waals surface area contributed by atoms with E-state index in [0.29, 0.717) is 10.2 Å². The third kappa shape index (κ3) is 3.06. The zero-order valence-corrected chi connectivity index (χ0v) is 9.79. The number of nitrogens with zero attached hydrogens (tertiary/aromatic N) is 1. The molecule has 0 spiro atoms. The van der Waals surface area contributed by atoms with Gasteiger partial charge in [-0.15, -0.1) is 0 Å². The molecule has 0 atom stereocenters. The van der Waals surface area contributed by atoms with Crippen LogP contribution in [-0.4, -0.2) is 15.3 Å². The SMILES string of the molecule is O=C(CI)Nc1ccc(Br)cn1. The predicted molar refractivity (Wildman–Crippen MR) is 59.5 cm³/mol. The minimum atomic E-state index is -0.0366. The smallest absolute Gasteiger partial charge is 0.235 e. The Hall–Kier alpha value is -0.170. The normalized spacial score (nSPS) is 9.50. The summed E-state index contributed by atoms with van der Waals surface area (Å²) in [4.78, 5) is 14.9. The molecule has 0 saturated heterocycles. The first-order valence-corrected chi connectivity index (χ1v) is 5.51. The van der Waals surface area contributed by atoms with Gasteiger partial charge in [-0.3, -0.25) is 4.79 Å². The second kappa shape index (κ2) is 4.76. The lowest BCUT2D eigenvalue weighted by Crippen LogP contribution is -2.12. The molecule has 1 aromatic rings. The summed E-state index contributed by atoms with van der Waals surface area (Å²) in [6.45, 7) is 0. The molecule has 0 aliphatic heterocycles. The van der Waals surface area contributed by atoms with Crippen molar-refractivity contribution in [3.05, 3.63) is 22.8 Å². The Balaban J connectivity index is 2.64. The Bertz CT molecular complexity index is 275. The summed E-state index contributed by atoms with van der Waals surface area (Å²) in [5, 5.41) is 2.64. The number of nitrogens with one attached hydrogen (secondary N) is 1. The molecular formula is C7H6BrIN2O. The molecule has 3 nitrogen and oxygen atoms in total. The molecule has 0 bridgehead atoms. The summed E-state index contributed by atoms with van der Waals surface area (Å²) < 4.78 is 1.34. The molecule has 1 amide bonds. The lowest BCUT2D eigenvalue weighted by molar-refractivity contribution is -0.113. The fourth-order valence-electron chi connectivity index (χ4n) is 0.626. The van der Waals surface area contributed by atoms with Gasteiger partial charge in [-0.1, -0.05) is 22.6 Å². The lowest BCUT2D eigenvalue weighted by atomic mass is 10.4. The second-order valence-corrected chi connectivity index (χ2v) is 3.72. The maximum atomic E-state index is 10.9. The van der Waals surface area contributed by atoms with Crippen LogP contribution < -0.4 is 5.32 Å². The number of hydrogen-bond acceptors (Lipinski definition) is 2. The summed E-state index contributed by atoms with van der Waals surface area (Å²) in [5.74, 6) is 0.547. The first kappa shape index (κ1) is 9.91. The van der Waals surface area contributed by atoms with Crippen molar-refractivity contribution in [2.75, 3.05) is 9.74 Å². The lowest BCUT2D eigenvalue weighted by Gasteiger charge is -2.00. The van der Waals surface area contributed by atoms with Crippen LogP contribution in [-0.2, 0) is 4.79 Å². The third-order valence-corrected chi connectivity index (χ3v) is 2.28. The number of amides is 1. The van der Waals surface area contributed by atoms with Gasteiger partial charge in [-0.2, -0.15) is 0 Å². The van der Waals surface area contributed by atoms with E-state index in [0.717, 1.165) is 4.47 Å². The Morgan fingerprint density at radius 1 is 1.67 bits per heavy atom. The van der Waals surface area contributed by atoms with Crippen molar-refractivity contribution in [3.8, 4) is 0 Å². The highest BCUT2D eigenvalue weighted by atomic mass is 127. The molecule has 0 unspecified atom stereocenters. The van der Waals surface area contributed by atoms with E-state index in [9.17, 15) is 4.79 Å². The fourth-order valence-corrected chi connectivity index (χ4v) is 1.05. The molecule has 0 saturated carbocycles. The van der Waals surface area contributed by atoms with Gasteiger partial charge in [-0.25, -0.2) is 4.98 Å². The average Bonchev–Trinajstić information content (AvgIpc) is 2.09. The first-order chi connectivity index (χ1) is 5.72. The zero-order chi connectivity index (χ0) is 8.97. The highest BCUT2D eigenvalue weighted by Crippen LogP contribution is 2.10. The highest BCUT2D eigenvalue weighted by Gasteiger charge is 1.99. The number of pyridine rings is 1. The Morgan fingerprint density at radius 2 is 2.42 bits per heavy atom. The summed E-state index contributed by atoms with van der Waals surface area (Å²) in [7, 11) is 0. The minimum Gasteiger partial charge on any atom is -0.310 e. The number of carbonyl (C=O) groups is 1. The zero-order valence-electron chi connectivity index (χ0n) is 6.05. The summed E-state index contributed by atoms with van der Waals surface area (Å²) >= 11 is 5.25. The Kier molecular flexibility index (Phi) is 3.93. The molecule has 0 aliphatic carbocycles. The molecule has 64 valence electrons. The van der Waals surface area contributed by atoms with Gasteiger partial charge in [0.15, 0.2) is 0 Å². The monoisotopic (exact) mass is 340 g/mol. The number of halogens is 2. The van der Waals surface area contributed by atoms with Crippen molar-refractivity contribution in [2.24, 2.45) is 0 Å². The number of hydrogen-bond donors (Lipinski definition) is 1. The number of rotatable bonds is 2. The Morgan fingerprint density at radius 3 is 2.92 bits per heavy atom. The predicted octanol–water partition coefficient (Wildman–Crippen LogP) is 2.22. The van der Waals surface area contributed by atoms with E-state index in [-0.39, 0.29) is 5.91 Å². The number of carbonyl (C=O) groups excluding carboxylic acids is 1. The Labute approximate surface area is 92.2 Å². The van der Waals surface area contributed by atoms with Crippen LogP contribution in [0.25, 0.3) is 0 Å². The van der Waals surface area contributed by atoms with Crippen LogP contribution in [0, 0.1) is 0 Å². The second-order valence-electron chi connectivity index (χ2n) is 2.04. The number of aromatic nitrogens is 1. The molecular weight excluding hydrogens is 335 g/mol. The highest BCUT2D eigenvalue weighted by molar-refractivity contribution is 14.1. The van der Waals surface area contributed by atoms with E-state index in [1.807, 2.05) is 28.7 Å². The maximum Gasteiger partial charge on any atom is 0.235 e. The number of anilines is 1. The summed E-state index contributed by atoms with van der Waals surface area (Å²) in [6, 6.07) is 3.57. The maximum absolute atomic E-state index is 10.9. The minimum absolute atomic E-state index is 0.0366. The molecule has 1 N–H and O–H groups in total. The van der Waals surface area contributed by atoms with Gasteiger partial charge in [0.2, 0.25) is 5.91 Å². The van der Waals surface area contributed by atoms with Crippen LogP contribution in [0.3, 0.4) is 0 Å². The van der Waals surface area contributed by atoms with Crippen LogP contribution >= 0.6 is 38.5 Å². The molecule has 5 heteroatoms. The average molecular weight is 341 g/mol. The van der Waals surface area contributed by atoms with Crippen molar-refractivity contribution in [1.82, 2.24) is 4.98 Å². The van der Waals surface area contributed by atoms with Gasteiger partial charge >= 0.3 is 0 Å². The molecule has 12 heavy (non-hydrogen) atoms. The molecule has 0 aliphatic rings. The van der Waals surface area contributed by atoms with Crippen LogP contribution in [0.1, 0.15) is 0 Å². The quantitative estimate of drug-likeness (QED) is 0.662.